The minimum atomic E-state index is 0.532. The van der Waals surface area contributed by atoms with E-state index in [-0.39, 0.29) is 0 Å². The summed E-state index contributed by atoms with van der Waals surface area (Å²) in [5.74, 6) is 0. The molecule has 1 rings (SSSR count). The van der Waals surface area contributed by atoms with Gasteiger partial charge in [0.25, 0.3) is 0 Å². The van der Waals surface area contributed by atoms with E-state index < -0.39 is 0 Å². The van der Waals surface area contributed by atoms with Crippen LogP contribution in [0, 0.1) is 0 Å². The third kappa shape index (κ3) is 4.08. The molecule has 16 heavy (non-hydrogen) atoms. The minimum absolute atomic E-state index is 0.532. The zero-order chi connectivity index (χ0) is 12.0. The van der Waals surface area contributed by atoms with Gasteiger partial charge in [-0.3, -0.25) is 0 Å². The van der Waals surface area contributed by atoms with E-state index in [0.29, 0.717) is 6.54 Å². The molecule has 0 radical (unpaired) electrons. The molecular formula is C11H22N4S. The van der Waals surface area contributed by atoms with E-state index in [2.05, 4.69) is 35.8 Å². The van der Waals surface area contributed by atoms with Crippen molar-refractivity contribution in [3.63, 3.8) is 0 Å². The van der Waals surface area contributed by atoms with Gasteiger partial charge in [-0.25, -0.2) is 4.98 Å². The van der Waals surface area contributed by atoms with E-state index in [1.165, 1.54) is 0 Å². The maximum atomic E-state index is 5.58. The highest BCUT2D eigenvalue weighted by Gasteiger charge is 2.09. The van der Waals surface area contributed by atoms with Crippen LogP contribution in [0.3, 0.4) is 0 Å². The van der Waals surface area contributed by atoms with Crippen molar-refractivity contribution in [2.24, 2.45) is 5.73 Å². The molecular weight excluding hydrogens is 220 g/mol. The topological polar surface area (TPSA) is 45.4 Å². The molecule has 0 saturated carbocycles. The third-order valence-electron chi connectivity index (χ3n) is 2.33. The second-order valence-corrected chi connectivity index (χ2v) is 4.95. The highest BCUT2D eigenvalue weighted by Crippen LogP contribution is 2.20. The number of likely N-dealkylation sites (N-methyl/N-ethyl adjacent to an activating group) is 1. The van der Waals surface area contributed by atoms with Gasteiger partial charge < -0.3 is 15.5 Å². The third-order valence-corrected chi connectivity index (χ3v) is 3.28. The Morgan fingerprint density at radius 2 is 2.06 bits per heavy atom. The number of rotatable bonds is 7. The fourth-order valence-electron chi connectivity index (χ4n) is 1.43. The Hall–Kier alpha value is -0.650. The van der Waals surface area contributed by atoms with Crippen LogP contribution in [0.15, 0.2) is 5.38 Å². The normalized spacial score (nSPS) is 11.1. The zero-order valence-electron chi connectivity index (χ0n) is 10.4. The molecule has 0 spiro atoms. The zero-order valence-corrected chi connectivity index (χ0v) is 11.3. The Balaban J connectivity index is 2.60. The van der Waals surface area contributed by atoms with E-state index in [9.17, 15) is 0 Å². The lowest BCUT2D eigenvalue weighted by Crippen LogP contribution is -2.32. The van der Waals surface area contributed by atoms with E-state index in [1.807, 2.05) is 5.38 Å². The van der Waals surface area contributed by atoms with Crippen LogP contribution in [-0.4, -0.2) is 43.6 Å². The Labute approximate surface area is 102 Å². The number of nitrogens with two attached hydrogens (primary N) is 1. The van der Waals surface area contributed by atoms with Crippen LogP contribution in [0.2, 0.25) is 0 Å². The Kier molecular flexibility index (Phi) is 5.73. The lowest BCUT2D eigenvalue weighted by molar-refractivity contribution is 0.413. The fraction of sp³-hybridized carbons (Fsp3) is 0.727. The predicted molar refractivity (Wildman–Crippen MR) is 71.1 cm³/mol. The second kappa shape index (κ2) is 6.83. The lowest BCUT2D eigenvalue weighted by atomic mass is 10.4. The van der Waals surface area contributed by atoms with Crippen LogP contribution in [0.1, 0.15) is 19.0 Å². The largest absolute Gasteiger partial charge is 0.347 e. The quantitative estimate of drug-likeness (QED) is 0.784. The van der Waals surface area contributed by atoms with Gasteiger partial charge in [0.2, 0.25) is 0 Å². The minimum Gasteiger partial charge on any atom is -0.347 e. The van der Waals surface area contributed by atoms with Crippen molar-refractivity contribution in [2.75, 3.05) is 38.6 Å². The van der Waals surface area contributed by atoms with Crippen LogP contribution in [0.25, 0.3) is 0 Å². The molecule has 1 heterocycles. The van der Waals surface area contributed by atoms with Crippen LogP contribution < -0.4 is 10.6 Å². The number of hydrogen-bond donors (Lipinski definition) is 1. The number of aromatic nitrogens is 1. The molecule has 5 heteroatoms. The van der Waals surface area contributed by atoms with Gasteiger partial charge in [-0.15, -0.1) is 11.3 Å². The van der Waals surface area contributed by atoms with Gasteiger partial charge in [0.15, 0.2) is 5.13 Å². The fourth-order valence-corrected chi connectivity index (χ4v) is 2.32. The lowest BCUT2D eigenvalue weighted by Gasteiger charge is -2.23. The summed E-state index contributed by atoms with van der Waals surface area (Å²) in [6, 6.07) is 0. The molecule has 0 atom stereocenters. The van der Waals surface area contributed by atoms with Crippen molar-refractivity contribution in [1.29, 1.82) is 0 Å². The highest BCUT2D eigenvalue weighted by molar-refractivity contribution is 7.13. The number of thiazole rings is 1. The maximum absolute atomic E-state index is 5.58. The van der Waals surface area contributed by atoms with Gasteiger partial charge in [-0.1, -0.05) is 6.92 Å². The smallest absolute Gasteiger partial charge is 0.185 e. The van der Waals surface area contributed by atoms with Crippen molar-refractivity contribution in [1.82, 2.24) is 9.88 Å². The summed E-state index contributed by atoms with van der Waals surface area (Å²) >= 11 is 1.69. The van der Waals surface area contributed by atoms with Crippen LogP contribution >= 0.6 is 11.3 Å². The molecule has 4 nitrogen and oxygen atoms in total. The first kappa shape index (κ1) is 13.4. The molecule has 1 aromatic heterocycles. The summed E-state index contributed by atoms with van der Waals surface area (Å²) in [6.07, 6.45) is 1.14. The van der Waals surface area contributed by atoms with E-state index >= 15 is 0 Å². The molecule has 0 aliphatic rings. The summed E-state index contributed by atoms with van der Waals surface area (Å²) in [6.45, 7) is 5.87. The van der Waals surface area contributed by atoms with Gasteiger partial charge in [0.1, 0.15) is 0 Å². The summed E-state index contributed by atoms with van der Waals surface area (Å²) < 4.78 is 0. The van der Waals surface area contributed by atoms with Gasteiger partial charge in [-0.05, 0) is 20.5 Å². The van der Waals surface area contributed by atoms with Crippen molar-refractivity contribution in [2.45, 2.75) is 19.9 Å². The first-order valence-electron chi connectivity index (χ1n) is 5.71. The molecule has 1 aromatic rings. The Morgan fingerprint density at radius 1 is 1.31 bits per heavy atom. The molecule has 0 amide bonds. The molecule has 0 aromatic carbocycles. The van der Waals surface area contributed by atoms with Crippen molar-refractivity contribution in [3.8, 4) is 0 Å². The van der Waals surface area contributed by atoms with Crippen molar-refractivity contribution >= 4 is 16.5 Å². The predicted octanol–water partition coefficient (Wildman–Crippen LogP) is 1.38. The summed E-state index contributed by atoms with van der Waals surface area (Å²) in [7, 11) is 4.19. The van der Waals surface area contributed by atoms with Crippen LogP contribution in [0.5, 0.6) is 0 Å². The standard InChI is InChI=1S/C11H22N4S/c1-4-5-15(7-6-14(2)3)11-13-10(8-12)9-16-11/h9H,4-8,12H2,1-3H3. The summed E-state index contributed by atoms with van der Waals surface area (Å²) in [5.41, 5.74) is 6.57. The van der Waals surface area contributed by atoms with Crippen molar-refractivity contribution < 1.29 is 0 Å². The monoisotopic (exact) mass is 242 g/mol. The second-order valence-electron chi connectivity index (χ2n) is 4.12. The molecule has 2 N–H and O–H groups in total. The maximum Gasteiger partial charge on any atom is 0.185 e. The van der Waals surface area contributed by atoms with E-state index in [0.717, 1.165) is 36.9 Å². The average molecular weight is 242 g/mol. The van der Waals surface area contributed by atoms with E-state index in [1.54, 1.807) is 11.3 Å². The number of hydrogen-bond acceptors (Lipinski definition) is 5. The van der Waals surface area contributed by atoms with E-state index in [4.69, 9.17) is 5.73 Å². The Morgan fingerprint density at radius 3 is 2.56 bits per heavy atom. The summed E-state index contributed by atoms with van der Waals surface area (Å²) in [4.78, 5) is 9.06. The molecule has 0 fully saturated rings. The molecule has 0 aliphatic carbocycles. The first-order chi connectivity index (χ1) is 7.67. The average Bonchev–Trinajstić information content (AvgIpc) is 2.72. The Bertz CT molecular complexity index is 298. The molecule has 0 saturated heterocycles. The van der Waals surface area contributed by atoms with Gasteiger partial charge in [-0.2, -0.15) is 0 Å². The first-order valence-corrected chi connectivity index (χ1v) is 6.59. The SMILES string of the molecule is CCCN(CCN(C)C)c1nc(CN)cs1. The van der Waals surface area contributed by atoms with Crippen molar-refractivity contribution in [3.05, 3.63) is 11.1 Å². The molecule has 0 aliphatic heterocycles. The number of anilines is 1. The van der Waals surface area contributed by atoms with Gasteiger partial charge in [0.05, 0.1) is 5.69 Å². The van der Waals surface area contributed by atoms with Gasteiger partial charge in [0, 0.05) is 31.6 Å². The summed E-state index contributed by atoms with van der Waals surface area (Å²) in [5, 5.41) is 3.15. The van der Waals surface area contributed by atoms with Gasteiger partial charge >= 0.3 is 0 Å². The molecule has 92 valence electrons. The number of nitrogens with zero attached hydrogens (tertiary/aromatic N) is 3. The van der Waals surface area contributed by atoms with Crippen LogP contribution in [-0.2, 0) is 6.54 Å². The highest BCUT2D eigenvalue weighted by atomic mass is 32.1. The molecule has 0 unspecified atom stereocenters. The van der Waals surface area contributed by atoms with Crippen LogP contribution in [0.4, 0.5) is 5.13 Å². The molecule has 0 bridgehead atoms.